The Kier molecular flexibility index (Phi) is 7.78. The Bertz CT molecular complexity index is 598. The second-order valence-corrected chi connectivity index (χ2v) is 8.86. The quantitative estimate of drug-likeness (QED) is 0.551. The van der Waals surface area contributed by atoms with E-state index in [9.17, 15) is 4.79 Å². The first-order valence-corrected chi connectivity index (χ1v) is 11.2. The number of hydrogen-bond donors (Lipinski definition) is 1. The number of aliphatic carboxylic acids is 1. The van der Waals surface area contributed by atoms with E-state index in [0.717, 1.165) is 24.3 Å². The van der Waals surface area contributed by atoms with Crippen LogP contribution in [0.3, 0.4) is 0 Å². The van der Waals surface area contributed by atoms with Gasteiger partial charge in [0.2, 0.25) is 0 Å². The monoisotopic (exact) mass is 388 g/mol. The van der Waals surface area contributed by atoms with Gasteiger partial charge in [-0.15, -0.1) is 0 Å². The molecule has 1 aromatic carbocycles. The molecule has 2 saturated carbocycles. The van der Waals surface area contributed by atoms with Gasteiger partial charge in [0.25, 0.3) is 0 Å². The molecule has 156 valence electrons. The Morgan fingerprint density at radius 1 is 1.14 bits per heavy atom. The number of hydrogen-bond acceptors (Lipinski definition) is 3. The maximum absolute atomic E-state index is 11.1. The fourth-order valence-corrected chi connectivity index (χ4v) is 5.16. The number of carboxylic acid groups (broad SMARTS) is 1. The summed E-state index contributed by atoms with van der Waals surface area (Å²) >= 11 is 0. The van der Waals surface area contributed by atoms with Crippen molar-refractivity contribution in [2.24, 2.45) is 11.3 Å². The number of ether oxygens (including phenoxy) is 2. The number of carboxylic acids is 1. The second-order valence-electron chi connectivity index (χ2n) is 8.86. The van der Waals surface area contributed by atoms with Crippen molar-refractivity contribution in [2.45, 2.75) is 83.7 Å². The summed E-state index contributed by atoms with van der Waals surface area (Å²) < 4.78 is 11.8. The lowest BCUT2D eigenvalue weighted by atomic mass is 9.63. The molecule has 4 nitrogen and oxygen atoms in total. The molecule has 1 spiro atoms. The Morgan fingerprint density at radius 3 is 2.54 bits per heavy atom. The van der Waals surface area contributed by atoms with Gasteiger partial charge in [0.15, 0.2) is 0 Å². The summed E-state index contributed by atoms with van der Waals surface area (Å²) in [6, 6.07) is 7.81. The van der Waals surface area contributed by atoms with E-state index in [1.54, 1.807) is 0 Å². The van der Waals surface area contributed by atoms with Crippen LogP contribution in [0.1, 0.15) is 89.2 Å². The third-order valence-corrected chi connectivity index (χ3v) is 6.58. The molecule has 0 saturated heterocycles. The van der Waals surface area contributed by atoms with Gasteiger partial charge in [0, 0.05) is 6.61 Å². The zero-order chi connectivity index (χ0) is 19.8. The van der Waals surface area contributed by atoms with Crippen LogP contribution < -0.4 is 4.74 Å². The summed E-state index contributed by atoms with van der Waals surface area (Å²) in [5.74, 6) is 0.700. The van der Waals surface area contributed by atoms with Crippen molar-refractivity contribution in [3.8, 4) is 5.75 Å². The minimum Gasteiger partial charge on any atom is -0.493 e. The Morgan fingerprint density at radius 2 is 1.86 bits per heavy atom. The van der Waals surface area contributed by atoms with Crippen LogP contribution >= 0.6 is 0 Å². The molecule has 0 aromatic heterocycles. The van der Waals surface area contributed by atoms with Gasteiger partial charge in [-0.05, 0) is 67.6 Å². The molecular weight excluding hydrogens is 352 g/mol. The molecule has 2 unspecified atom stereocenters. The van der Waals surface area contributed by atoms with E-state index in [1.165, 1.54) is 57.8 Å². The summed E-state index contributed by atoms with van der Waals surface area (Å²) in [6.07, 6.45) is 12.9. The van der Waals surface area contributed by atoms with Gasteiger partial charge in [0.05, 0.1) is 19.1 Å². The van der Waals surface area contributed by atoms with Gasteiger partial charge in [-0.1, -0.05) is 44.7 Å². The van der Waals surface area contributed by atoms with Crippen molar-refractivity contribution in [3.05, 3.63) is 29.8 Å². The molecule has 4 heteroatoms. The predicted molar refractivity (Wildman–Crippen MR) is 111 cm³/mol. The number of benzene rings is 1. The maximum atomic E-state index is 11.1. The highest BCUT2D eigenvalue weighted by molar-refractivity contribution is 5.67. The van der Waals surface area contributed by atoms with E-state index >= 15 is 0 Å². The van der Waals surface area contributed by atoms with Crippen LogP contribution in [0.2, 0.25) is 0 Å². The number of carbonyl (C=O) groups is 1. The van der Waals surface area contributed by atoms with E-state index < -0.39 is 12.1 Å². The van der Waals surface area contributed by atoms with Crippen molar-refractivity contribution >= 4 is 5.97 Å². The molecule has 0 heterocycles. The molecule has 28 heavy (non-hydrogen) atoms. The molecule has 2 aliphatic rings. The third kappa shape index (κ3) is 5.97. The van der Waals surface area contributed by atoms with E-state index in [1.807, 2.05) is 31.2 Å². The van der Waals surface area contributed by atoms with E-state index in [0.29, 0.717) is 17.9 Å². The van der Waals surface area contributed by atoms with Gasteiger partial charge in [0.1, 0.15) is 5.75 Å². The maximum Gasteiger partial charge on any atom is 0.306 e. The highest BCUT2D eigenvalue weighted by atomic mass is 16.5. The van der Waals surface area contributed by atoms with Crippen molar-refractivity contribution in [2.75, 3.05) is 13.2 Å². The van der Waals surface area contributed by atoms with Crippen LogP contribution in [0.4, 0.5) is 0 Å². The summed E-state index contributed by atoms with van der Waals surface area (Å²) in [7, 11) is 0. The highest BCUT2D eigenvalue weighted by Gasteiger charge is 2.37. The van der Waals surface area contributed by atoms with E-state index in [-0.39, 0.29) is 6.42 Å². The van der Waals surface area contributed by atoms with Crippen molar-refractivity contribution in [3.63, 3.8) is 0 Å². The minimum absolute atomic E-state index is 0.00956. The van der Waals surface area contributed by atoms with Gasteiger partial charge in [-0.2, -0.15) is 0 Å². The molecule has 0 bridgehead atoms. The van der Waals surface area contributed by atoms with E-state index in [4.69, 9.17) is 14.6 Å². The van der Waals surface area contributed by atoms with Crippen LogP contribution in [0.25, 0.3) is 0 Å². The fraction of sp³-hybridized carbons (Fsp3) is 0.708. The highest BCUT2D eigenvalue weighted by Crippen LogP contribution is 2.49. The Labute approximate surface area is 169 Å². The first kappa shape index (κ1) is 21.2. The standard InChI is InChI=1S/C24H36O4/c1-2-15-27-22(16-23(25)26)20-8-10-21(11-9-20)28-18-19-7-6-14-24(17-19)12-4-3-5-13-24/h8-11,19,22H,2-7,12-18H2,1H3,(H,25,26). The van der Waals surface area contributed by atoms with Crippen LogP contribution in [-0.2, 0) is 9.53 Å². The molecular formula is C24H36O4. The van der Waals surface area contributed by atoms with Gasteiger partial charge in [-0.3, -0.25) is 4.79 Å². The van der Waals surface area contributed by atoms with Gasteiger partial charge < -0.3 is 14.6 Å². The largest absolute Gasteiger partial charge is 0.493 e. The van der Waals surface area contributed by atoms with Gasteiger partial charge in [-0.25, -0.2) is 0 Å². The molecule has 0 radical (unpaired) electrons. The average molecular weight is 389 g/mol. The van der Waals surface area contributed by atoms with Crippen molar-refractivity contribution in [1.29, 1.82) is 0 Å². The topological polar surface area (TPSA) is 55.8 Å². The zero-order valence-electron chi connectivity index (χ0n) is 17.3. The van der Waals surface area contributed by atoms with Gasteiger partial charge >= 0.3 is 5.97 Å². The molecule has 2 fully saturated rings. The van der Waals surface area contributed by atoms with Crippen LogP contribution in [0.5, 0.6) is 5.75 Å². The molecule has 0 aliphatic heterocycles. The summed E-state index contributed by atoms with van der Waals surface area (Å²) in [5.41, 5.74) is 1.51. The third-order valence-electron chi connectivity index (χ3n) is 6.58. The van der Waals surface area contributed by atoms with Crippen LogP contribution in [0.15, 0.2) is 24.3 Å². The van der Waals surface area contributed by atoms with Crippen LogP contribution in [-0.4, -0.2) is 24.3 Å². The smallest absolute Gasteiger partial charge is 0.306 e. The summed E-state index contributed by atoms with van der Waals surface area (Å²) in [4.78, 5) is 11.1. The number of rotatable bonds is 9. The predicted octanol–water partition coefficient (Wildman–Crippen LogP) is 6.15. The second kappa shape index (κ2) is 10.3. The Hall–Kier alpha value is -1.55. The molecule has 1 aromatic rings. The van der Waals surface area contributed by atoms with Crippen molar-refractivity contribution < 1.29 is 19.4 Å². The minimum atomic E-state index is -0.838. The average Bonchev–Trinajstić information content (AvgIpc) is 2.70. The van der Waals surface area contributed by atoms with Crippen molar-refractivity contribution in [1.82, 2.24) is 0 Å². The first-order valence-electron chi connectivity index (χ1n) is 11.2. The first-order chi connectivity index (χ1) is 13.6. The molecule has 0 amide bonds. The summed E-state index contributed by atoms with van der Waals surface area (Å²) in [6.45, 7) is 3.39. The molecule has 1 N–H and O–H groups in total. The van der Waals surface area contributed by atoms with Crippen LogP contribution in [0, 0.1) is 11.3 Å². The lowest BCUT2D eigenvalue weighted by Crippen LogP contribution is -2.33. The SMILES string of the molecule is CCCOC(CC(=O)O)c1ccc(OCC2CCCC3(CCCCC3)C2)cc1. The fourth-order valence-electron chi connectivity index (χ4n) is 5.16. The summed E-state index contributed by atoms with van der Waals surface area (Å²) in [5, 5.41) is 9.13. The lowest BCUT2D eigenvalue weighted by Gasteiger charge is -2.43. The Balaban J connectivity index is 1.52. The normalized spacial score (nSPS) is 22.7. The lowest BCUT2D eigenvalue weighted by molar-refractivity contribution is -0.140. The molecule has 2 aliphatic carbocycles. The molecule has 3 rings (SSSR count). The van der Waals surface area contributed by atoms with E-state index in [2.05, 4.69) is 0 Å². The molecule has 2 atom stereocenters. The zero-order valence-corrected chi connectivity index (χ0v) is 17.3.